The van der Waals surface area contributed by atoms with Crippen molar-refractivity contribution >= 4 is 23.3 Å². The van der Waals surface area contributed by atoms with Crippen LogP contribution in [0.4, 0.5) is 5.69 Å². The number of Topliss-reactive ketones (excluding diaryl/α,β-unsaturated/α-hetero) is 1. The van der Waals surface area contributed by atoms with Crippen molar-refractivity contribution in [1.29, 1.82) is 0 Å². The summed E-state index contributed by atoms with van der Waals surface area (Å²) in [5.74, 6) is -0.853. The predicted molar refractivity (Wildman–Crippen MR) is 104 cm³/mol. The topological polar surface area (TPSA) is 77.9 Å². The maximum Gasteiger partial charge on any atom is 0.275 e. The van der Waals surface area contributed by atoms with E-state index in [1.807, 2.05) is 18.2 Å². The van der Waals surface area contributed by atoms with E-state index in [9.17, 15) is 19.5 Å². The zero-order chi connectivity index (χ0) is 20.4. The zero-order valence-electron chi connectivity index (χ0n) is 16.5. The van der Waals surface area contributed by atoms with Gasteiger partial charge in [-0.2, -0.15) is 0 Å². The third-order valence-electron chi connectivity index (χ3n) is 7.46. The van der Waals surface area contributed by atoms with Gasteiger partial charge in [-0.05, 0) is 49.7 Å². The lowest BCUT2D eigenvalue weighted by molar-refractivity contribution is -0.142. The molecule has 6 heteroatoms. The van der Waals surface area contributed by atoms with Crippen LogP contribution < -0.4 is 5.01 Å². The summed E-state index contributed by atoms with van der Waals surface area (Å²) in [4.78, 5) is 38.8. The van der Waals surface area contributed by atoms with Gasteiger partial charge < -0.3 is 5.11 Å². The average Bonchev–Trinajstić information content (AvgIpc) is 3.19. The summed E-state index contributed by atoms with van der Waals surface area (Å²) in [5.41, 5.74) is -0.474. The van der Waals surface area contributed by atoms with Gasteiger partial charge >= 0.3 is 0 Å². The van der Waals surface area contributed by atoms with Gasteiger partial charge in [0.2, 0.25) is 0 Å². The molecule has 0 aromatic heterocycles. The number of para-hydroxylation sites is 1. The van der Waals surface area contributed by atoms with Crippen molar-refractivity contribution in [2.75, 3.05) is 5.01 Å². The fourth-order valence-electron chi connectivity index (χ4n) is 5.72. The van der Waals surface area contributed by atoms with Crippen molar-refractivity contribution in [2.45, 2.75) is 52.2 Å². The molecule has 3 fully saturated rings. The van der Waals surface area contributed by atoms with Crippen LogP contribution in [0.15, 0.2) is 42.5 Å². The fraction of sp³-hybridized carbons (Fsp3) is 0.500. The van der Waals surface area contributed by atoms with Crippen molar-refractivity contribution in [3.05, 3.63) is 42.5 Å². The number of aliphatic hydroxyl groups excluding tert-OH is 1. The number of benzene rings is 1. The van der Waals surface area contributed by atoms with Crippen LogP contribution in [0.5, 0.6) is 0 Å². The molecular formula is C22H26N2O4. The second-order valence-electron chi connectivity index (χ2n) is 8.80. The Balaban J connectivity index is 1.83. The SMILES string of the molecule is C=C(C(C)=O)[C@H](O)C(=O)N1[C@@H]2C[C@H]3CC[C@]2(C(=O)N1c1ccccc1)C3(C)C. The van der Waals surface area contributed by atoms with Crippen LogP contribution in [-0.2, 0) is 14.4 Å². The van der Waals surface area contributed by atoms with Crippen molar-refractivity contribution < 1.29 is 19.5 Å². The first kappa shape index (κ1) is 18.9. The molecule has 28 heavy (non-hydrogen) atoms. The molecule has 2 amide bonds. The minimum absolute atomic E-state index is 0.0947. The van der Waals surface area contributed by atoms with Gasteiger partial charge in [0.15, 0.2) is 11.9 Å². The van der Waals surface area contributed by atoms with Gasteiger partial charge in [-0.1, -0.05) is 38.6 Å². The molecule has 148 valence electrons. The minimum Gasteiger partial charge on any atom is -0.378 e. The highest BCUT2D eigenvalue weighted by molar-refractivity contribution is 6.08. The Bertz CT molecular complexity index is 878. The van der Waals surface area contributed by atoms with Crippen LogP contribution in [0.1, 0.15) is 40.0 Å². The van der Waals surface area contributed by atoms with Crippen LogP contribution >= 0.6 is 0 Å². The predicted octanol–water partition coefficient (Wildman–Crippen LogP) is 2.48. The molecule has 6 nitrogen and oxygen atoms in total. The number of carbonyl (C=O) groups is 3. The van der Waals surface area contributed by atoms with Crippen LogP contribution in [0.25, 0.3) is 0 Å². The average molecular weight is 382 g/mol. The highest BCUT2D eigenvalue weighted by Gasteiger charge is 2.75. The van der Waals surface area contributed by atoms with Gasteiger partial charge in [0.25, 0.3) is 11.8 Å². The van der Waals surface area contributed by atoms with Crippen molar-refractivity contribution in [3.8, 4) is 0 Å². The van der Waals surface area contributed by atoms with Crippen LogP contribution in [0.3, 0.4) is 0 Å². The zero-order valence-corrected chi connectivity index (χ0v) is 16.5. The number of aliphatic hydroxyl groups is 1. The standard InChI is InChI=1S/C22H26N2O4/c1-13(14(2)25)18(26)19(27)24-17-12-15-10-11-22(17,21(15,3)4)20(28)23(24)16-8-6-5-7-9-16/h5-9,15,17-18,26H,1,10-12H2,2-4H3/t15-,17-,18+,22+/m1/s1. The smallest absolute Gasteiger partial charge is 0.275 e. The number of anilines is 1. The first-order chi connectivity index (χ1) is 13.1. The Labute approximate surface area is 164 Å². The molecule has 1 heterocycles. The first-order valence-corrected chi connectivity index (χ1v) is 9.75. The summed E-state index contributed by atoms with van der Waals surface area (Å²) in [6, 6.07) is 8.70. The van der Waals surface area contributed by atoms with E-state index in [4.69, 9.17) is 0 Å². The van der Waals surface area contributed by atoms with Gasteiger partial charge in [0.05, 0.1) is 17.1 Å². The summed E-state index contributed by atoms with van der Waals surface area (Å²) in [7, 11) is 0. The van der Waals surface area contributed by atoms with Gasteiger partial charge in [0.1, 0.15) is 0 Å². The highest BCUT2D eigenvalue weighted by atomic mass is 16.3. The lowest BCUT2D eigenvalue weighted by Gasteiger charge is -2.35. The Morgan fingerprint density at radius 1 is 1.25 bits per heavy atom. The number of hydrogen-bond donors (Lipinski definition) is 1. The maximum absolute atomic E-state index is 13.8. The molecule has 0 unspecified atom stereocenters. The second-order valence-corrected chi connectivity index (χ2v) is 8.80. The molecule has 2 saturated carbocycles. The molecule has 1 spiro atoms. The Kier molecular flexibility index (Phi) is 4.05. The second kappa shape index (κ2) is 6.01. The van der Waals surface area contributed by atoms with Gasteiger partial charge in [-0.15, -0.1) is 0 Å². The summed E-state index contributed by atoms with van der Waals surface area (Å²) in [6.07, 6.45) is 0.745. The van der Waals surface area contributed by atoms with Gasteiger partial charge in [0, 0.05) is 5.57 Å². The summed E-state index contributed by atoms with van der Waals surface area (Å²) in [5, 5.41) is 13.4. The summed E-state index contributed by atoms with van der Waals surface area (Å²) < 4.78 is 0. The molecule has 1 N–H and O–H groups in total. The minimum atomic E-state index is -1.66. The van der Waals surface area contributed by atoms with E-state index >= 15 is 0 Å². The number of carbonyl (C=O) groups excluding carboxylic acids is 3. The number of hydrazine groups is 1. The quantitative estimate of drug-likeness (QED) is 0.812. The van der Waals surface area contributed by atoms with Crippen molar-refractivity contribution in [1.82, 2.24) is 5.01 Å². The number of amides is 2. The van der Waals surface area contributed by atoms with Crippen LogP contribution in [0, 0.1) is 16.7 Å². The molecule has 4 rings (SSSR count). The van der Waals surface area contributed by atoms with E-state index in [1.54, 1.807) is 12.1 Å². The van der Waals surface area contributed by atoms with E-state index in [2.05, 4.69) is 20.4 Å². The summed E-state index contributed by atoms with van der Waals surface area (Å²) in [6.45, 7) is 9.07. The molecule has 1 aromatic rings. The molecule has 3 aliphatic rings. The van der Waals surface area contributed by atoms with Gasteiger partial charge in [-0.3, -0.25) is 14.4 Å². The van der Waals surface area contributed by atoms with E-state index in [0.717, 1.165) is 12.8 Å². The van der Waals surface area contributed by atoms with E-state index in [1.165, 1.54) is 16.9 Å². The Morgan fingerprint density at radius 3 is 2.46 bits per heavy atom. The molecule has 1 saturated heterocycles. The van der Waals surface area contributed by atoms with E-state index in [-0.39, 0.29) is 22.9 Å². The number of ketones is 1. The maximum atomic E-state index is 13.8. The van der Waals surface area contributed by atoms with Crippen LogP contribution in [-0.4, -0.2) is 39.9 Å². The molecule has 2 bridgehead atoms. The lowest BCUT2D eigenvalue weighted by Crippen LogP contribution is -2.52. The normalized spacial score (nSPS) is 31.1. The van der Waals surface area contributed by atoms with E-state index in [0.29, 0.717) is 18.0 Å². The van der Waals surface area contributed by atoms with Crippen molar-refractivity contribution in [2.24, 2.45) is 16.7 Å². The monoisotopic (exact) mass is 382 g/mol. The van der Waals surface area contributed by atoms with E-state index < -0.39 is 23.2 Å². The van der Waals surface area contributed by atoms with Crippen molar-refractivity contribution in [3.63, 3.8) is 0 Å². The number of fused-ring (bicyclic) bond motifs is 1. The fourth-order valence-corrected chi connectivity index (χ4v) is 5.72. The third kappa shape index (κ3) is 2.15. The molecular weight excluding hydrogens is 356 g/mol. The molecule has 0 radical (unpaired) electrons. The molecule has 4 atom stereocenters. The molecule has 2 aliphatic carbocycles. The third-order valence-corrected chi connectivity index (χ3v) is 7.46. The number of nitrogens with zero attached hydrogens (tertiary/aromatic N) is 2. The highest BCUT2D eigenvalue weighted by Crippen LogP contribution is 2.70. The Hall–Kier alpha value is -2.47. The van der Waals surface area contributed by atoms with Gasteiger partial charge in [-0.25, -0.2) is 10.0 Å². The number of rotatable bonds is 4. The Morgan fingerprint density at radius 2 is 1.89 bits per heavy atom. The number of hydrogen-bond acceptors (Lipinski definition) is 4. The molecule has 1 aromatic carbocycles. The largest absolute Gasteiger partial charge is 0.378 e. The molecule has 1 aliphatic heterocycles. The first-order valence-electron chi connectivity index (χ1n) is 9.75. The van der Waals surface area contributed by atoms with Crippen LogP contribution in [0.2, 0.25) is 0 Å². The summed E-state index contributed by atoms with van der Waals surface area (Å²) >= 11 is 0. The lowest BCUT2D eigenvalue weighted by atomic mass is 9.67.